The molecule has 1 aliphatic heterocycles. The Balaban J connectivity index is 1.38. The largest absolute Gasteiger partial charge is 0.351 e. The van der Waals surface area contributed by atoms with Gasteiger partial charge in [0.05, 0.1) is 4.88 Å². The molecule has 0 bridgehead atoms. The van der Waals surface area contributed by atoms with Crippen molar-refractivity contribution in [3.05, 3.63) is 57.8 Å². The first-order chi connectivity index (χ1) is 13.6. The van der Waals surface area contributed by atoms with Crippen molar-refractivity contribution < 1.29 is 9.59 Å². The minimum atomic E-state index is -0.0518. The molecule has 1 fully saturated rings. The molecule has 28 heavy (non-hydrogen) atoms. The molecule has 1 aromatic carbocycles. The quantitative estimate of drug-likeness (QED) is 0.727. The summed E-state index contributed by atoms with van der Waals surface area (Å²) in [5.74, 6) is 0.146. The number of rotatable bonds is 7. The zero-order valence-electron chi connectivity index (χ0n) is 16.5. The summed E-state index contributed by atoms with van der Waals surface area (Å²) in [7, 11) is 0. The maximum absolute atomic E-state index is 12.5. The predicted octanol–water partition coefficient (Wildman–Crippen LogP) is 3.30. The van der Waals surface area contributed by atoms with Crippen LogP contribution in [0.25, 0.3) is 0 Å². The number of amides is 2. The summed E-state index contributed by atoms with van der Waals surface area (Å²) in [5, 5.41) is 4.78. The number of nitrogens with zero attached hydrogens (tertiary/aromatic N) is 2. The third kappa shape index (κ3) is 5.91. The van der Waals surface area contributed by atoms with Crippen molar-refractivity contribution in [3.8, 4) is 0 Å². The molecule has 6 heteroatoms. The number of benzene rings is 1. The molecule has 1 N–H and O–H groups in total. The van der Waals surface area contributed by atoms with E-state index in [1.807, 2.05) is 22.4 Å². The van der Waals surface area contributed by atoms with E-state index in [0.29, 0.717) is 24.3 Å². The van der Waals surface area contributed by atoms with Crippen molar-refractivity contribution in [1.82, 2.24) is 15.1 Å². The minimum absolute atomic E-state index is 0.0518. The van der Waals surface area contributed by atoms with Gasteiger partial charge in [-0.3, -0.25) is 14.5 Å². The highest BCUT2D eigenvalue weighted by Crippen LogP contribution is 2.13. The van der Waals surface area contributed by atoms with E-state index in [9.17, 15) is 9.59 Å². The van der Waals surface area contributed by atoms with Crippen molar-refractivity contribution in [2.45, 2.75) is 32.7 Å². The van der Waals surface area contributed by atoms with Gasteiger partial charge in [0.1, 0.15) is 0 Å². The molecule has 2 heterocycles. The van der Waals surface area contributed by atoms with E-state index >= 15 is 0 Å². The van der Waals surface area contributed by atoms with Crippen LogP contribution in [0.4, 0.5) is 0 Å². The molecule has 3 rings (SSSR count). The van der Waals surface area contributed by atoms with Gasteiger partial charge in [-0.2, -0.15) is 0 Å². The highest BCUT2D eigenvalue weighted by molar-refractivity contribution is 7.12. The van der Waals surface area contributed by atoms with Crippen LogP contribution in [0.2, 0.25) is 0 Å². The van der Waals surface area contributed by atoms with Crippen LogP contribution in [0.3, 0.4) is 0 Å². The Labute approximate surface area is 171 Å². The second-order valence-corrected chi connectivity index (χ2v) is 8.22. The summed E-state index contributed by atoms with van der Waals surface area (Å²) in [6.45, 7) is 7.18. The van der Waals surface area contributed by atoms with E-state index in [2.05, 4.69) is 41.4 Å². The Hall–Kier alpha value is -2.18. The lowest BCUT2D eigenvalue weighted by Crippen LogP contribution is -2.35. The lowest BCUT2D eigenvalue weighted by atomic mass is 10.1. The Morgan fingerprint density at radius 3 is 2.71 bits per heavy atom. The van der Waals surface area contributed by atoms with E-state index in [1.165, 1.54) is 22.5 Å². The average molecular weight is 400 g/mol. The first-order valence-electron chi connectivity index (χ1n) is 10.00. The van der Waals surface area contributed by atoms with Crippen molar-refractivity contribution >= 4 is 23.2 Å². The molecule has 0 saturated carbocycles. The van der Waals surface area contributed by atoms with Gasteiger partial charge < -0.3 is 10.2 Å². The van der Waals surface area contributed by atoms with Crippen LogP contribution in [-0.4, -0.2) is 54.3 Å². The van der Waals surface area contributed by atoms with Gasteiger partial charge in [-0.25, -0.2) is 0 Å². The van der Waals surface area contributed by atoms with Crippen LogP contribution in [0.1, 0.15) is 40.1 Å². The molecule has 0 atom stereocenters. The first kappa shape index (κ1) is 20.6. The minimum Gasteiger partial charge on any atom is -0.351 e. The second kappa shape index (κ2) is 10.4. The van der Waals surface area contributed by atoms with Gasteiger partial charge in [-0.15, -0.1) is 11.3 Å². The number of thiophene rings is 1. The molecule has 0 spiro atoms. The predicted molar refractivity (Wildman–Crippen MR) is 114 cm³/mol. The molecular weight excluding hydrogens is 370 g/mol. The van der Waals surface area contributed by atoms with E-state index in [4.69, 9.17) is 0 Å². The summed E-state index contributed by atoms with van der Waals surface area (Å²) in [6.07, 6.45) is 2.18. The van der Waals surface area contributed by atoms with Gasteiger partial charge in [-0.1, -0.05) is 30.3 Å². The fraction of sp³-hybridized carbons (Fsp3) is 0.455. The fourth-order valence-corrected chi connectivity index (χ4v) is 4.14. The molecule has 1 aromatic heterocycles. The third-order valence-corrected chi connectivity index (χ3v) is 6.06. The molecule has 2 aromatic rings. The number of aryl methyl sites for hydroxylation is 1. The number of carbonyl (C=O) groups excluding carboxylic acids is 2. The van der Waals surface area contributed by atoms with E-state index in [0.717, 1.165) is 39.1 Å². The van der Waals surface area contributed by atoms with Crippen LogP contribution in [0.5, 0.6) is 0 Å². The zero-order chi connectivity index (χ0) is 19.8. The summed E-state index contributed by atoms with van der Waals surface area (Å²) in [5.41, 5.74) is 2.69. The number of carbonyl (C=O) groups is 2. The Morgan fingerprint density at radius 1 is 1.07 bits per heavy atom. The highest BCUT2D eigenvalue weighted by Gasteiger charge is 2.19. The van der Waals surface area contributed by atoms with Gasteiger partial charge in [0.2, 0.25) is 5.91 Å². The van der Waals surface area contributed by atoms with Crippen LogP contribution >= 0.6 is 11.3 Å². The number of hydrogen-bond donors (Lipinski definition) is 1. The topological polar surface area (TPSA) is 52.6 Å². The van der Waals surface area contributed by atoms with E-state index in [-0.39, 0.29) is 11.8 Å². The van der Waals surface area contributed by atoms with Gasteiger partial charge in [0.25, 0.3) is 5.91 Å². The fourth-order valence-electron chi connectivity index (χ4n) is 3.50. The summed E-state index contributed by atoms with van der Waals surface area (Å²) >= 11 is 1.43. The first-order valence-corrected chi connectivity index (χ1v) is 10.9. The van der Waals surface area contributed by atoms with Crippen LogP contribution in [0.15, 0.2) is 41.8 Å². The van der Waals surface area contributed by atoms with Gasteiger partial charge in [-0.05, 0) is 42.3 Å². The van der Waals surface area contributed by atoms with Gasteiger partial charge in [0.15, 0.2) is 0 Å². The van der Waals surface area contributed by atoms with Gasteiger partial charge >= 0.3 is 0 Å². The third-order valence-electron chi connectivity index (χ3n) is 5.19. The number of hydrogen-bond acceptors (Lipinski definition) is 4. The lowest BCUT2D eigenvalue weighted by Gasteiger charge is -2.22. The SMILES string of the molecule is Cc1ccccc1CN1CCCN(C(=O)CCCNC(=O)c2cccs2)CC1. The standard InChI is InChI=1S/C22H29N3O2S/c1-18-7-2-3-8-19(18)17-24-12-6-13-25(15-14-24)21(26)10-4-11-23-22(27)20-9-5-16-28-20/h2-3,5,7-9,16H,4,6,10-15,17H2,1H3,(H,23,27). The van der Waals surface area contributed by atoms with Crippen molar-refractivity contribution in [3.63, 3.8) is 0 Å². The van der Waals surface area contributed by atoms with Crippen LogP contribution in [-0.2, 0) is 11.3 Å². The molecule has 0 radical (unpaired) electrons. The number of nitrogens with one attached hydrogen (secondary N) is 1. The molecule has 0 aliphatic carbocycles. The van der Waals surface area contributed by atoms with Gasteiger partial charge in [0, 0.05) is 45.7 Å². The van der Waals surface area contributed by atoms with Crippen molar-refractivity contribution in [2.75, 3.05) is 32.7 Å². The van der Waals surface area contributed by atoms with Crippen molar-refractivity contribution in [2.24, 2.45) is 0 Å². The smallest absolute Gasteiger partial charge is 0.261 e. The Kier molecular flexibility index (Phi) is 7.62. The van der Waals surface area contributed by atoms with Crippen LogP contribution in [0, 0.1) is 6.92 Å². The van der Waals surface area contributed by atoms with Crippen LogP contribution < -0.4 is 5.32 Å². The average Bonchev–Trinajstić information content (AvgIpc) is 3.14. The molecule has 150 valence electrons. The molecular formula is C22H29N3O2S. The van der Waals surface area contributed by atoms with E-state index in [1.54, 1.807) is 0 Å². The lowest BCUT2D eigenvalue weighted by molar-refractivity contribution is -0.131. The molecule has 5 nitrogen and oxygen atoms in total. The second-order valence-electron chi connectivity index (χ2n) is 7.27. The summed E-state index contributed by atoms with van der Waals surface area (Å²) in [4.78, 5) is 29.6. The molecule has 2 amide bonds. The maximum Gasteiger partial charge on any atom is 0.261 e. The summed E-state index contributed by atoms with van der Waals surface area (Å²) < 4.78 is 0. The molecule has 1 saturated heterocycles. The molecule has 1 aliphatic rings. The maximum atomic E-state index is 12.5. The highest BCUT2D eigenvalue weighted by atomic mass is 32.1. The van der Waals surface area contributed by atoms with Crippen molar-refractivity contribution in [1.29, 1.82) is 0 Å². The van der Waals surface area contributed by atoms with E-state index < -0.39 is 0 Å². The Bertz CT molecular complexity index is 776. The Morgan fingerprint density at radius 2 is 1.93 bits per heavy atom. The zero-order valence-corrected chi connectivity index (χ0v) is 17.3. The molecule has 0 unspecified atom stereocenters. The monoisotopic (exact) mass is 399 g/mol. The normalized spacial score (nSPS) is 15.2. The summed E-state index contributed by atoms with van der Waals surface area (Å²) in [6, 6.07) is 12.2.